The molecule has 3 nitrogen and oxygen atoms in total. The van der Waals surface area contributed by atoms with Gasteiger partial charge in [-0.15, -0.1) is 0 Å². The number of aliphatic hydroxyl groups excluding tert-OH is 1. The summed E-state index contributed by atoms with van der Waals surface area (Å²) in [6, 6.07) is 4.62. The van der Waals surface area contributed by atoms with Crippen LogP contribution in [-0.2, 0) is 9.84 Å². The van der Waals surface area contributed by atoms with Crippen molar-refractivity contribution in [3.8, 4) is 0 Å². The Labute approximate surface area is 94.8 Å². The van der Waals surface area contributed by atoms with E-state index in [1.165, 1.54) is 12.1 Å². The first-order valence-electron chi connectivity index (χ1n) is 5.12. The fourth-order valence-corrected chi connectivity index (χ4v) is 2.82. The maximum Gasteiger partial charge on any atom is 0.180 e. The van der Waals surface area contributed by atoms with Gasteiger partial charge in [0, 0.05) is 0 Å². The molecule has 0 aromatic heterocycles. The smallest absolute Gasteiger partial charge is 0.180 e. The van der Waals surface area contributed by atoms with Crippen molar-refractivity contribution in [2.24, 2.45) is 0 Å². The molecule has 0 aliphatic rings. The Morgan fingerprint density at radius 2 is 1.88 bits per heavy atom. The summed E-state index contributed by atoms with van der Waals surface area (Å²) in [5.41, 5.74) is 0. The molecule has 0 bridgehead atoms. The lowest BCUT2D eigenvalue weighted by atomic mass is 10.2. The first-order chi connectivity index (χ1) is 7.45. The van der Waals surface area contributed by atoms with Gasteiger partial charge in [0.15, 0.2) is 9.84 Å². The monoisotopic (exact) mass is 246 g/mol. The molecule has 0 fully saturated rings. The van der Waals surface area contributed by atoms with Crippen LogP contribution in [0.25, 0.3) is 0 Å². The standard InChI is InChI=1S/C11H15FO3S/c1-2-3-10(13)8-16(14,15)11-6-4-9(12)5-7-11/h4-7,10,13H,2-3,8H2,1H3. The molecular weight excluding hydrogens is 231 g/mol. The van der Waals surface area contributed by atoms with E-state index in [-0.39, 0.29) is 10.6 Å². The van der Waals surface area contributed by atoms with Gasteiger partial charge in [-0.3, -0.25) is 0 Å². The summed E-state index contributed by atoms with van der Waals surface area (Å²) in [7, 11) is -3.52. The van der Waals surface area contributed by atoms with Crippen molar-refractivity contribution in [1.29, 1.82) is 0 Å². The van der Waals surface area contributed by atoms with Crippen LogP contribution in [0.1, 0.15) is 19.8 Å². The molecule has 0 aliphatic carbocycles. The lowest BCUT2D eigenvalue weighted by molar-refractivity contribution is 0.186. The Hall–Kier alpha value is -0.940. The largest absolute Gasteiger partial charge is 0.392 e. The molecule has 0 heterocycles. The summed E-state index contributed by atoms with van der Waals surface area (Å²) >= 11 is 0. The van der Waals surface area contributed by atoms with E-state index >= 15 is 0 Å². The van der Waals surface area contributed by atoms with E-state index in [0.717, 1.165) is 18.6 Å². The maximum atomic E-state index is 12.6. The third-order valence-electron chi connectivity index (χ3n) is 2.21. The summed E-state index contributed by atoms with van der Waals surface area (Å²) < 4.78 is 36.1. The van der Waals surface area contributed by atoms with Crippen LogP contribution in [0.4, 0.5) is 4.39 Å². The first-order valence-corrected chi connectivity index (χ1v) is 6.77. The number of hydrogen-bond donors (Lipinski definition) is 1. The van der Waals surface area contributed by atoms with Crippen molar-refractivity contribution in [2.75, 3.05) is 5.75 Å². The van der Waals surface area contributed by atoms with Crippen LogP contribution in [0, 0.1) is 5.82 Å². The van der Waals surface area contributed by atoms with E-state index < -0.39 is 21.8 Å². The van der Waals surface area contributed by atoms with Crippen LogP contribution < -0.4 is 0 Å². The average molecular weight is 246 g/mol. The van der Waals surface area contributed by atoms with Gasteiger partial charge in [0.1, 0.15) is 5.82 Å². The Bertz CT molecular complexity index is 425. The summed E-state index contributed by atoms with van der Waals surface area (Å²) in [6.07, 6.45) is 0.306. The minimum Gasteiger partial charge on any atom is -0.392 e. The Morgan fingerprint density at radius 1 is 1.31 bits per heavy atom. The number of aliphatic hydroxyl groups is 1. The minimum absolute atomic E-state index is 0.0454. The van der Waals surface area contributed by atoms with Crippen molar-refractivity contribution < 1.29 is 17.9 Å². The minimum atomic E-state index is -3.52. The van der Waals surface area contributed by atoms with E-state index in [1.807, 2.05) is 6.92 Å². The highest BCUT2D eigenvalue weighted by Crippen LogP contribution is 2.14. The van der Waals surface area contributed by atoms with Crippen LogP contribution in [0.15, 0.2) is 29.2 Å². The van der Waals surface area contributed by atoms with Gasteiger partial charge in [-0.05, 0) is 30.7 Å². The molecule has 0 radical (unpaired) electrons. The molecule has 0 spiro atoms. The van der Waals surface area contributed by atoms with Crippen molar-refractivity contribution in [2.45, 2.75) is 30.8 Å². The predicted molar refractivity (Wildman–Crippen MR) is 59.4 cm³/mol. The highest BCUT2D eigenvalue weighted by Gasteiger charge is 2.19. The molecule has 90 valence electrons. The number of benzene rings is 1. The van der Waals surface area contributed by atoms with Crippen LogP contribution in [0.2, 0.25) is 0 Å². The molecule has 1 aromatic rings. The molecule has 5 heteroatoms. The van der Waals surface area contributed by atoms with Crippen molar-refractivity contribution in [3.05, 3.63) is 30.1 Å². The van der Waals surface area contributed by atoms with Crippen molar-refractivity contribution >= 4 is 9.84 Å². The average Bonchev–Trinajstić information content (AvgIpc) is 2.17. The molecule has 16 heavy (non-hydrogen) atoms. The first kappa shape index (κ1) is 13.1. The zero-order valence-electron chi connectivity index (χ0n) is 9.06. The van der Waals surface area contributed by atoms with Gasteiger partial charge in [-0.1, -0.05) is 13.3 Å². The fraction of sp³-hybridized carbons (Fsp3) is 0.455. The molecule has 1 aromatic carbocycles. The predicted octanol–water partition coefficient (Wildman–Crippen LogP) is 1.76. The zero-order chi connectivity index (χ0) is 12.2. The summed E-state index contributed by atoms with van der Waals surface area (Å²) in [5.74, 6) is -0.792. The number of rotatable bonds is 5. The van der Waals surface area contributed by atoms with Crippen LogP contribution in [0.3, 0.4) is 0 Å². The summed E-state index contributed by atoms with van der Waals surface area (Å²) in [4.78, 5) is 0.0454. The van der Waals surface area contributed by atoms with Gasteiger partial charge in [0.05, 0.1) is 16.8 Å². The highest BCUT2D eigenvalue weighted by molar-refractivity contribution is 7.91. The topological polar surface area (TPSA) is 54.4 Å². The van der Waals surface area contributed by atoms with Gasteiger partial charge in [0.25, 0.3) is 0 Å². The molecular formula is C11H15FO3S. The molecule has 0 aliphatic heterocycles. The lowest BCUT2D eigenvalue weighted by Gasteiger charge is -2.09. The molecule has 0 saturated carbocycles. The zero-order valence-corrected chi connectivity index (χ0v) is 9.87. The molecule has 1 rings (SSSR count). The van der Waals surface area contributed by atoms with E-state index in [0.29, 0.717) is 6.42 Å². The Kier molecular flexibility index (Phi) is 4.44. The molecule has 0 saturated heterocycles. The van der Waals surface area contributed by atoms with E-state index in [9.17, 15) is 17.9 Å². The van der Waals surface area contributed by atoms with Crippen LogP contribution >= 0.6 is 0 Å². The Morgan fingerprint density at radius 3 is 2.38 bits per heavy atom. The van der Waals surface area contributed by atoms with Crippen LogP contribution in [-0.4, -0.2) is 25.4 Å². The third-order valence-corrected chi connectivity index (χ3v) is 4.02. The van der Waals surface area contributed by atoms with Gasteiger partial charge < -0.3 is 5.11 Å². The summed E-state index contributed by atoms with van der Waals surface area (Å²) in [5, 5.41) is 9.45. The lowest BCUT2D eigenvalue weighted by Crippen LogP contribution is -2.20. The van der Waals surface area contributed by atoms with Gasteiger partial charge in [-0.25, -0.2) is 12.8 Å². The van der Waals surface area contributed by atoms with E-state index in [4.69, 9.17) is 0 Å². The van der Waals surface area contributed by atoms with Gasteiger partial charge in [-0.2, -0.15) is 0 Å². The molecule has 1 N–H and O–H groups in total. The maximum absolute atomic E-state index is 12.6. The Balaban J connectivity index is 2.82. The number of halogens is 1. The quantitative estimate of drug-likeness (QED) is 0.805. The molecule has 0 amide bonds. The van der Waals surface area contributed by atoms with Crippen molar-refractivity contribution in [1.82, 2.24) is 0 Å². The summed E-state index contributed by atoms with van der Waals surface area (Å²) in [6.45, 7) is 1.87. The second-order valence-corrected chi connectivity index (χ2v) is 5.71. The number of hydrogen-bond acceptors (Lipinski definition) is 3. The van der Waals surface area contributed by atoms with E-state index in [1.54, 1.807) is 0 Å². The normalized spacial score (nSPS) is 13.7. The SMILES string of the molecule is CCCC(O)CS(=O)(=O)c1ccc(F)cc1. The molecule has 1 unspecified atom stereocenters. The third kappa shape index (κ3) is 3.57. The second-order valence-electron chi connectivity index (χ2n) is 3.68. The van der Waals surface area contributed by atoms with E-state index in [2.05, 4.69) is 0 Å². The second kappa shape index (κ2) is 5.41. The fourth-order valence-electron chi connectivity index (χ4n) is 1.41. The number of sulfone groups is 1. The van der Waals surface area contributed by atoms with Gasteiger partial charge in [0.2, 0.25) is 0 Å². The van der Waals surface area contributed by atoms with Gasteiger partial charge >= 0.3 is 0 Å². The van der Waals surface area contributed by atoms with Crippen molar-refractivity contribution in [3.63, 3.8) is 0 Å². The van der Waals surface area contributed by atoms with Crippen LogP contribution in [0.5, 0.6) is 0 Å². The molecule has 1 atom stereocenters. The highest BCUT2D eigenvalue weighted by atomic mass is 32.2.